The molecule has 1 aromatic carbocycles. The highest BCUT2D eigenvalue weighted by molar-refractivity contribution is 5.73. The minimum atomic E-state index is -0.542. The predicted molar refractivity (Wildman–Crippen MR) is 103 cm³/mol. The van der Waals surface area contributed by atoms with Gasteiger partial charge in [0.1, 0.15) is 11.1 Å². The molecule has 0 unspecified atom stereocenters. The second-order valence-corrected chi connectivity index (χ2v) is 6.70. The molecule has 0 bridgehead atoms. The Morgan fingerprint density at radius 3 is 2.59 bits per heavy atom. The molecule has 2 aromatic heterocycles. The van der Waals surface area contributed by atoms with E-state index in [2.05, 4.69) is 20.3 Å². The van der Waals surface area contributed by atoms with E-state index < -0.39 is 11.2 Å². The minimum absolute atomic E-state index is 0.239. The summed E-state index contributed by atoms with van der Waals surface area (Å²) in [5, 5.41) is 3.57. The Morgan fingerprint density at radius 2 is 1.89 bits per heavy atom. The van der Waals surface area contributed by atoms with Crippen LogP contribution in [0.15, 0.2) is 40.1 Å². The number of hydrogen-bond acceptors (Lipinski definition) is 6. The molecule has 2 N–H and O–H groups in total. The molecule has 2 heterocycles. The van der Waals surface area contributed by atoms with Crippen LogP contribution in [-0.2, 0) is 0 Å². The quantitative estimate of drug-likeness (QED) is 0.733. The van der Waals surface area contributed by atoms with Gasteiger partial charge in [-0.1, -0.05) is 19.3 Å². The molecule has 1 fully saturated rings. The van der Waals surface area contributed by atoms with Crippen molar-refractivity contribution in [3.63, 3.8) is 0 Å². The molecule has 0 radical (unpaired) electrons. The highest BCUT2D eigenvalue weighted by Crippen LogP contribution is 2.20. The number of nitrogens with one attached hydrogen (secondary N) is 2. The van der Waals surface area contributed by atoms with Crippen LogP contribution in [-0.4, -0.2) is 32.7 Å². The minimum Gasteiger partial charge on any atom is -0.497 e. The normalized spacial score (nSPS) is 15.0. The monoisotopic (exact) mass is 367 g/mol. The summed E-state index contributed by atoms with van der Waals surface area (Å²) >= 11 is 0. The Morgan fingerprint density at radius 1 is 1.15 bits per heavy atom. The van der Waals surface area contributed by atoms with E-state index in [1.807, 2.05) is 0 Å². The van der Waals surface area contributed by atoms with Gasteiger partial charge in [0.15, 0.2) is 5.65 Å². The fourth-order valence-electron chi connectivity index (χ4n) is 3.47. The molecule has 1 aliphatic carbocycles. The average Bonchev–Trinajstić information content (AvgIpc) is 2.69. The van der Waals surface area contributed by atoms with Crippen molar-refractivity contribution >= 4 is 17.0 Å². The molecule has 0 amide bonds. The smallest absolute Gasteiger partial charge is 0.334 e. The van der Waals surface area contributed by atoms with Crippen LogP contribution in [0.4, 0.5) is 5.95 Å². The number of methoxy groups -OCH3 is 1. The van der Waals surface area contributed by atoms with Gasteiger partial charge in [0, 0.05) is 12.2 Å². The molecule has 0 atom stereocenters. The van der Waals surface area contributed by atoms with Gasteiger partial charge in [-0.25, -0.2) is 14.3 Å². The number of hydrogen-bond donors (Lipinski definition) is 2. The molecule has 1 aliphatic rings. The van der Waals surface area contributed by atoms with Crippen molar-refractivity contribution in [2.45, 2.75) is 38.1 Å². The van der Waals surface area contributed by atoms with Crippen molar-refractivity contribution in [3.05, 3.63) is 51.3 Å². The van der Waals surface area contributed by atoms with E-state index in [4.69, 9.17) is 4.74 Å². The van der Waals surface area contributed by atoms with Crippen molar-refractivity contribution in [2.24, 2.45) is 0 Å². The summed E-state index contributed by atoms with van der Waals surface area (Å²) in [5.41, 5.74) is -0.306. The fourth-order valence-corrected chi connectivity index (χ4v) is 3.47. The number of rotatable bonds is 4. The number of H-pyrrole nitrogens is 1. The Labute approximate surface area is 155 Å². The standard InChI is InChI=1S/C19H21N5O3/c1-27-14-9-7-13(8-10-14)24-17(25)15-11-20-18(22-16(15)23-19(24)26)21-12-5-3-2-4-6-12/h7-12H,2-6H2,1H3,(H2,20,21,22,23,26). The van der Waals surface area contributed by atoms with Crippen LogP contribution >= 0.6 is 0 Å². The lowest BCUT2D eigenvalue weighted by molar-refractivity contribution is 0.414. The zero-order valence-corrected chi connectivity index (χ0v) is 15.1. The van der Waals surface area contributed by atoms with Crippen molar-refractivity contribution in [1.29, 1.82) is 0 Å². The third kappa shape index (κ3) is 3.42. The molecule has 1 saturated carbocycles. The van der Waals surface area contributed by atoms with E-state index in [9.17, 15) is 9.59 Å². The van der Waals surface area contributed by atoms with Gasteiger partial charge in [-0.3, -0.25) is 9.78 Å². The van der Waals surface area contributed by atoms with E-state index in [-0.39, 0.29) is 11.0 Å². The molecule has 0 saturated heterocycles. The first-order valence-electron chi connectivity index (χ1n) is 9.09. The maximum atomic E-state index is 12.8. The summed E-state index contributed by atoms with van der Waals surface area (Å²) in [6.07, 6.45) is 7.26. The van der Waals surface area contributed by atoms with Crippen LogP contribution in [0.1, 0.15) is 32.1 Å². The summed E-state index contributed by atoms with van der Waals surface area (Å²) in [5.74, 6) is 1.08. The second-order valence-electron chi connectivity index (χ2n) is 6.70. The largest absolute Gasteiger partial charge is 0.497 e. The van der Waals surface area contributed by atoms with Crippen LogP contribution in [0.5, 0.6) is 5.75 Å². The van der Waals surface area contributed by atoms with Crippen LogP contribution in [0, 0.1) is 0 Å². The SMILES string of the molecule is COc1ccc(-n2c(=O)[nH]c3nc(NC4CCCCC4)ncc3c2=O)cc1. The highest BCUT2D eigenvalue weighted by Gasteiger charge is 2.16. The van der Waals surface area contributed by atoms with Crippen molar-refractivity contribution in [3.8, 4) is 11.4 Å². The van der Waals surface area contributed by atoms with Gasteiger partial charge in [-0.15, -0.1) is 0 Å². The zero-order valence-electron chi connectivity index (χ0n) is 15.1. The molecule has 0 aliphatic heterocycles. The Balaban J connectivity index is 1.72. The van der Waals surface area contributed by atoms with E-state index in [1.165, 1.54) is 25.5 Å². The summed E-state index contributed by atoms with van der Waals surface area (Å²) in [6.45, 7) is 0. The lowest BCUT2D eigenvalue weighted by atomic mass is 9.96. The molecule has 27 heavy (non-hydrogen) atoms. The van der Waals surface area contributed by atoms with Gasteiger partial charge >= 0.3 is 5.69 Å². The number of fused-ring (bicyclic) bond motifs is 1. The zero-order chi connectivity index (χ0) is 18.8. The molecule has 140 valence electrons. The van der Waals surface area contributed by atoms with Crippen LogP contribution in [0.2, 0.25) is 0 Å². The Kier molecular flexibility index (Phi) is 4.62. The molecule has 4 rings (SSSR count). The Hall–Kier alpha value is -3.16. The third-order valence-corrected chi connectivity index (χ3v) is 4.92. The summed E-state index contributed by atoms with van der Waals surface area (Å²) in [6, 6.07) is 7.03. The molecule has 8 nitrogen and oxygen atoms in total. The van der Waals surface area contributed by atoms with Gasteiger partial charge in [0.2, 0.25) is 5.95 Å². The first-order chi connectivity index (χ1) is 13.2. The topological polar surface area (TPSA) is 102 Å². The van der Waals surface area contributed by atoms with Crippen molar-refractivity contribution < 1.29 is 4.74 Å². The van der Waals surface area contributed by atoms with E-state index in [1.54, 1.807) is 31.4 Å². The van der Waals surface area contributed by atoms with E-state index in [0.29, 0.717) is 23.4 Å². The van der Waals surface area contributed by atoms with E-state index >= 15 is 0 Å². The number of anilines is 1. The number of benzene rings is 1. The number of ether oxygens (including phenoxy) is 1. The summed E-state index contributed by atoms with van der Waals surface area (Å²) in [4.78, 5) is 36.6. The first-order valence-corrected chi connectivity index (χ1v) is 9.09. The first kappa shape index (κ1) is 17.3. The van der Waals surface area contributed by atoms with Crippen molar-refractivity contribution in [1.82, 2.24) is 19.5 Å². The highest BCUT2D eigenvalue weighted by atomic mass is 16.5. The van der Waals surface area contributed by atoms with Crippen LogP contribution in [0.25, 0.3) is 16.7 Å². The molecule has 0 spiro atoms. The van der Waals surface area contributed by atoms with Crippen LogP contribution in [0.3, 0.4) is 0 Å². The Bertz CT molecular complexity index is 1070. The van der Waals surface area contributed by atoms with Crippen molar-refractivity contribution in [2.75, 3.05) is 12.4 Å². The number of nitrogens with zero attached hydrogens (tertiary/aromatic N) is 3. The molecule has 8 heteroatoms. The average molecular weight is 367 g/mol. The van der Waals surface area contributed by atoms with Gasteiger partial charge < -0.3 is 10.1 Å². The van der Waals surface area contributed by atoms with Gasteiger partial charge in [0.25, 0.3) is 5.56 Å². The van der Waals surface area contributed by atoms with Gasteiger partial charge in [-0.2, -0.15) is 4.98 Å². The summed E-state index contributed by atoms with van der Waals surface area (Å²) in [7, 11) is 1.56. The molecule has 3 aromatic rings. The fraction of sp³-hybridized carbons (Fsp3) is 0.368. The van der Waals surface area contributed by atoms with Gasteiger partial charge in [-0.05, 0) is 37.1 Å². The molecular weight excluding hydrogens is 346 g/mol. The maximum absolute atomic E-state index is 12.8. The number of aromatic nitrogens is 4. The lowest BCUT2D eigenvalue weighted by Crippen LogP contribution is -2.34. The van der Waals surface area contributed by atoms with Crippen LogP contribution < -0.4 is 21.3 Å². The van der Waals surface area contributed by atoms with E-state index in [0.717, 1.165) is 17.4 Å². The number of aromatic amines is 1. The lowest BCUT2D eigenvalue weighted by Gasteiger charge is -2.22. The van der Waals surface area contributed by atoms with Gasteiger partial charge in [0.05, 0.1) is 12.8 Å². The predicted octanol–water partition coefficient (Wildman–Crippen LogP) is 2.22. The maximum Gasteiger partial charge on any atom is 0.334 e. The summed E-state index contributed by atoms with van der Waals surface area (Å²) < 4.78 is 6.18. The third-order valence-electron chi connectivity index (χ3n) is 4.92. The molecular formula is C19H21N5O3. The second kappa shape index (κ2) is 7.22.